The van der Waals surface area contributed by atoms with E-state index in [9.17, 15) is 0 Å². The van der Waals surface area contributed by atoms with Crippen LogP contribution in [0.25, 0.3) is 10.9 Å². The van der Waals surface area contributed by atoms with Crippen molar-refractivity contribution in [1.82, 2.24) is 4.98 Å². The standard InChI is InChI=1S/C12H15BrN2.ClH/c1-2-9(14)6-8-7-15-11-5-3-4-10(13)12(8)11;/h3-5,7,9,15H,2,6,14H2,1H3;1H. The van der Waals surface area contributed by atoms with E-state index in [1.54, 1.807) is 0 Å². The fourth-order valence-electron chi connectivity index (χ4n) is 1.80. The number of hydrogen-bond acceptors (Lipinski definition) is 1. The first kappa shape index (κ1) is 13.6. The van der Waals surface area contributed by atoms with Crippen LogP contribution in [0.1, 0.15) is 18.9 Å². The predicted molar refractivity (Wildman–Crippen MR) is 75.2 cm³/mol. The van der Waals surface area contributed by atoms with Gasteiger partial charge in [-0.25, -0.2) is 0 Å². The lowest BCUT2D eigenvalue weighted by molar-refractivity contribution is 0.648. The predicted octanol–water partition coefficient (Wildman–Crippen LogP) is 3.63. The summed E-state index contributed by atoms with van der Waals surface area (Å²) in [6.45, 7) is 2.12. The van der Waals surface area contributed by atoms with E-state index in [4.69, 9.17) is 5.73 Å². The number of nitrogens with two attached hydrogens (primary N) is 1. The molecule has 0 spiro atoms. The van der Waals surface area contributed by atoms with Gasteiger partial charge in [-0.3, -0.25) is 0 Å². The Hall–Kier alpha value is -0.510. The second kappa shape index (κ2) is 5.71. The van der Waals surface area contributed by atoms with Crippen molar-refractivity contribution in [1.29, 1.82) is 0 Å². The number of H-pyrrole nitrogens is 1. The van der Waals surface area contributed by atoms with Crippen LogP contribution in [0.5, 0.6) is 0 Å². The Balaban J connectivity index is 0.00000128. The number of aromatic amines is 1. The third-order valence-corrected chi connectivity index (χ3v) is 3.40. The molecular formula is C12H16BrClN2. The first-order valence-corrected chi connectivity index (χ1v) is 6.01. The van der Waals surface area contributed by atoms with E-state index in [-0.39, 0.29) is 18.4 Å². The number of hydrogen-bond donors (Lipinski definition) is 2. The Morgan fingerprint density at radius 3 is 2.88 bits per heavy atom. The summed E-state index contributed by atoms with van der Waals surface area (Å²) < 4.78 is 1.14. The summed E-state index contributed by atoms with van der Waals surface area (Å²) in [5.41, 5.74) is 8.44. The Morgan fingerprint density at radius 2 is 2.19 bits per heavy atom. The van der Waals surface area contributed by atoms with Crippen molar-refractivity contribution in [3.8, 4) is 0 Å². The van der Waals surface area contributed by atoms with Gasteiger partial charge in [-0.05, 0) is 30.5 Å². The quantitative estimate of drug-likeness (QED) is 0.893. The zero-order valence-corrected chi connectivity index (χ0v) is 11.6. The van der Waals surface area contributed by atoms with E-state index >= 15 is 0 Å². The lowest BCUT2D eigenvalue weighted by atomic mass is 10.0. The number of nitrogens with one attached hydrogen (secondary N) is 1. The maximum atomic E-state index is 5.98. The smallest absolute Gasteiger partial charge is 0.0468 e. The molecule has 2 nitrogen and oxygen atoms in total. The molecule has 4 heteroatoms. The summed E-state index contributed by atoms with van der Waals surface area (Å²) in [4.78, 5) is 3.27. The Morgan fingerprint density at radius 1 is 1.44 bits per heavy atom. The molecule has 16 heavy (non-hydrogen) atoms. The van der Waals surface area contributed by atoms with Crippen LogP contribution >= 0.6 is 28.3 Å². The van der Waals surface area contributed by atoms with Crippen LogP contribution in [0.2, 0.25) is 0 Å². The van der Waals surface area contributed by atoms with Crippen LogP contribution in [-0.4, -0.2) is 11.0 Å². The molecule has 2 aromatic rings. The van der Waals surface area contributed by atoms with E-state index in [1.807, 2.05) is 6.07 Å². The molecule has 1 unspecified atom stereocenters. The Labute approximate surface area is 110 Å². The molecule has 2 rings (SSSR count). The molecule has 1 aromatic heterocycles. The fourth-order valence-corrected chi connectivity index (χ4v) is 2.42. The zero-order valence-electron chi connectivity index (χ0n) is 9.16. The molecule has 0 aliphatic rings. The normalized spacial score (nSPS) is 12.4. The summed E-state index contributed by atoms with van der Waals surface area (Å²) in [7, 11) is 0. The second-order valence-corrected chi connectivity index (χ2v) is 4.70. The second-order valence-electron chi connectivity index (χ2n) is 3.85. The summed E-state index contributed by atoms with van der Waals surface area (Å²) in [5.74, 6) is 0. The van der Waals surface area contributed by atoms with Gasteiger partial charge in [0, 0.05) is 27.6 Å². The lowest BCUT2D eigenvalue weighted by Crippen LogP contribution is -2.21. The lowest BCUT2D eigenvalue weighted by Gasteiger charge is -2.07. The van der Waals surface area contributed by atoms with Gasteiger partial charge in [-0.2, -0.15) is 0 Å². The average molecular weight is 304 g/mol. The molecule has 1 heterocycles. The van der Waals surface area contributed by atoms with Crippen molar-refractivity contribution in [2.75, 3.05) is 0 Å². The van der Waals surface area contributed by atoms with Crippen molar-refractivity contribution < 1.29 is 0 Å². The summed E-state index contributed by atoms with van der Waals surface area (Å²) in [5, 5.41) is 1.27. The number of benzene rings is 1. The van der Waals surface area contributed by atoms with Gasteiger partial charge in [0.1, 0.15) is 0 Å². The summed E-state index contributed by atoms with van der Waals surface area (Å²) >= 11 is 3.58. The van der Waals surface area contributed by atoms with E-state index in [0.29, 0.717) is 0 Å². The van der Waals surface area contributed by atoms with Gasteiger partial charge < -0.3 is 10.7 Å². The maximum Gasteiger partial charge on any atom is 0.0468 e. The highest BCUT2D eigenvalue weighted by Gasteiger charge is 2.09. The summed E-state index contributed by atoms with van der Waals surface area (Å²) in [6.07, 6.45) is 4.00. The SMILES string of the molecule is CCC(N)Cc1c[nH]c2cccc(Br)c12.Cl. The minimum atomic E-state index is 0. The van der Waals surface area contributed by atoms with Crippen molar-refractivity contribution in [3.63, 3.8) is 0 Å². The third-order valence-electron chi connectivity index (χ3n) is 2.74. The van der Waals surface area contributed by atoms with Crippen LogP contribution in [0, 0.1) is 0 Å². The molecule has 0 saturated heterocycles. The van der Waals surface area contributed by atoms with Crippen LogP contribution in [0.4, 0.5) is 0 Å². The molecule has 88 valence electrons. The molecule has 0 bridgehead atoms. The minimum absolute atomic E-state index is 0. The van der Waals surface area contributed by atoms with E-state index < -0.39 is 0 Å². The van der Waals surface area contributed by atoms with Crippen molar-refractivity contribution in [2.45, 2.75) is 25.8 Å². The number of rotatable bonds is 3. The fraction of sp³-hybridized carbons (Fsp3) is 0.333. The molecule has 0 fully saturated rings. The van der Waals surface area contributed by atoms with Crippen LogP contribution in [0.15, 0.2) is 28.9 Å². The van der Waals surface area contributed by atoms with Gasteiger partial charge in [0.05, 0.1) is 0 Å². The largest absolute Gasteiger partial charge is 0.361 e. The first-order valence-electron chi connectivity index (χ1n) is 5.22. The van der Waals surface area contributed by atoms with Gasteiger partial charge in [0.15, 0.2) is 0 Å². The molecule has 1 atom stereocenters. The van der Waals surface area contributed by atoms with E-state index in [0.717, 1.165) is 17.3 Å². The molecule has 0 aliphatic heterocycles. The highest BCUT2D eigenvalue weighted by atomic mass is 79.9. The highest BCUT2D eigenvalue weighted by molar-refractivity contribution is 9.10. The zero-order chi connectivity index (χ0) is 10.8. The van der Waals surface area contributed by atoms with Crippen molar-refractivity contribution in [3.05, 3.63) is 34.4 Å². The molecular weight excluding hydrogens is 288 g/mol. The van der Waals surface area contributed by atoms with Crippen LogP contribution in [-0.2, 0) is 6.42 Å². The van der Waals surface area contributed by atoms with E-state index in [2.05, 4.69) is 46.2 Å². The first-order chi connectivity index (χ1) is 7.22. The van der Waals surface area contributed by atoms with Gasteiger partial charge in [0.2, 0.25) is 0 Å². The maximum absolute atomic E-state index is 5.98. The average Bonchev–Trinajstić information content (AvgIpc) is 2.63. The molecule has 3 N–H and O–H groups in total. The van der Waals surface area contributed by atoms with Crippen molar-refractivity contribution in [2.24, 2.45) is 5.73 Å². The van der Waals surface area contributed by atoms with E-state index in [1.165, 1.54) is 16.5 Å². The van der Waals surface area contributed by atoms with Gasteiger partial charge >= 0.3 is 0 Å². The molecule has 0 saturated carbocycles. The molecule has 0 amide bonds. The summed E-state index contributed by atoms with van der Waals surface area (Å²) in [6, 6.07) is 6.43. The Bertz CT molecular complexity index is 467. The third kappa shape index (κ3) is 2.59. The number of fused-ring (bicyclic) bond motifs is 1. The number of aromatic nitrogens is 1. The number of halogens is 2. The van der Waals surface area contributed by atoms with Gasteiger partial charge in [-0.1, -0.05) is 28.9 Å². The van der Waals surface area contributed by atoms with Crippen LogP contribution in [0.3, 0.4) is 0 Å². The molecule has 1 aromatic carbocycles. The topological polar surface area (TPSA) is 41.8 Å². The van der Waals surface area contributed by atoms with Crippen molar-refractivity contribution >= 4 is 39.2 Å². The molecule has 0 radical (unpaired) electrons. The minimum Gasteiger partial charge on any atom is -0.361 e. The molecule has 0 aliphatic carbocycles. The Kier molecular flexibility index (Phi) is 4.84. The van der Waals surface area contributed by atoms with Crippen LogP contribution < -0.4 is 5.73 Å². The highest BCUT2D eigenvalue weighted by Crippen LogP contribution is 2.27. The van der Waals surface area contributed by atoms with Gasteiger partial charge in [-0.15, -0.1) is 12.4 Å². The monoisotopic (exact) mass is 302 g/mol. The van der Waals surface area contributed by atoms with Gasteiger partial charge in [0.25, 0.3) is 0 Å².